The maximum absolute atomic E-state index is 10.2. The van der Waals surface area contributed by atoms with Gasteiger partial charge in [0.15, 0.2) is 0 Å². The second-order valence-electron chi connectivity index (χ2n) is 4.15. The number of hydrogen-bond acceptors (Lipinski definition) is 2. The molecule has 1 rings (SSSR count). The van der Waals surface area contributed by atoms with Crippen LogP contribution in [-0.2, 0) is 34.3 Å². The molecule has 0 aliphatic carbocycles. The summed E-state index contributed by atoms with van der Waals surface area (Å²) < 4.78 is 1.82. The summed E-state index contributed by atoms with van der Waals surface area (Å²) in [5, 5.41) is 0. The molecule has 1 heterocycles. The molecule has 102 valence electrons. The summed E-state index contributed by atoms with van der Waals surface area (Å²) in [5.74, 6) is 1.49. The van der Waals surface area contributed by atoms with Crippen molar-refractivity contribution in [2.24, 2.45) is 5.92 Å². The number of carbonyl (C=O) groups excluding carboxylic acids is 1. The fraction of sp³-hybridized carbons (Fsp3) is 0.615. The summed E-state index contributed by atoms with van der Waals surface area (Å²) in [4.78, 5) is 14.5. The third kappa shape index (κ3) is 8.14. The van der Waals surface area contributed by atoms with E-state index in [1.54, 1.807) is 0 Å². The zero-order valence-electron chi connectivity index (χ0n) is 11.1. The number of hydrogen-bond donors (Lipinski definition) is 0. The van der Waals surface area contributed by atoms with Gasteiger partial charge < -0.3 is 16.3 Å². The normalized spacial score (nSPS) is 9.29. The van der Waals surface area contributed by atoms with Gasteiger partial charge in [0.05, 0.1) is 5.69 Å². The number of aryl methyl sites for hydroxylation is 1. The number of rotatable bonds is 4. The Balaban J connectivity index is 0. The standard InChI is InChI=1S/C10H15N2O.C3H7.Ni/c1-8(2)6-10-7-12(4-5-13)9(3)11-10;1-3-2;/h7-8H,4,6H2,1-3H3;1,3H2,2H3;/q2*-1;. The van der Waals surface area contributed by atoms with Gasteiger partial charge in [0.1, 0.15) is 5.82 Å². The second-order valence-corrected chi connectivity index (χ2v) is 4.15. The van der Waals surface area contributed by atoms with Gasteiger partial charge in [-0.15, -0.1) is 0 Å². The van der Waals surface area contributed by atoms with E-state index in [0.29, 0.717) is 5.92 Å². The molecule has 0 unspecified atom stereocenters. The van der Waals surface area contributed by atoms with Crippen molar-refractivity contribution < 1.29 is 21.3 Å². The first-order chi connectivity index (χ1) is 7.54. The van der Waals surface area contributed by atoms with E-state index in [4.69, 9.17) is 0 Å². The van der Waals surface area contributed by atoms with Gasteiger partial charge in [-0.25, -0.2) is 11.3 Å². The van der Waals surface area contributed by atoms with Crippen LogP contribution in [0.25, 0.3) is 0 Å². The van der Waals surface area contributed by atoms with Gasteiger partial charge in [0.2, 0.25) is 0 Å². The average Bonchev–Trinajstić information content (AvgIpc) is 2.47. The Kier molecular flexibility index (Phi) is 11.6. The summed E-state index contributed by atoms with van der Waals surface area (Å²) in [6, 6.07) is 0. The Bertz CT molecular complexity index is 308. The molecule has 0 atom stereocenters. The van der Waals surface area contributed by atoms with Crippen molar-refractivity contribution in [2.45, 2.75) is 47.1 Å². The van der Waals surface area contributed by atoms with Crippen LogP contribution in [-0.4, -0.2) is 15.8 Å². The molecule has 0 spiro atoms. The summed E-state index contributed by atoms with van der Waals surface area (Å²) in [6.07, 6.45) is 5.76. The van der Waals surface area contributed by atoms with Crippen LogP contribution in [0.3, 0.4) is 0 Å². The molecular formula is C13H22N2NiO-2. The first-order valence-corrected chi connectivity index (χ1v) is 5.72. The molecule has 1 aromatic heterocycles. The zero-order chi connectivity index (χ0) is 12.6. The van der Waals surface area contributed by atoms with Crippen LogP contribution in [0.1, 0.15) is 38.7 Å². The third-order valence-corrected chi connectivity index (χ3v) is 1.88. The van der Waals surface area contributed by atoms with Gasteiger partial charge in [0.25, 0.3) is 0 Å². The predicted molar refractivity (Wildman–Crippen MR) is 66.8 cm³/mol. The van der Waals surface area contributed by atoms with Crippen molar-refractivity contribution >= 4 is 6.29 Å². The largest absolute Gasteiger partial charge is 0.540 e. The zero-order valence-corrected chi connectivity index (χ0v) is 12.1. The van der Waals surface area contributed by atoms with Crippen LogP contribution >= 0.6 is 0 Å². The van der Waals surface area contributed by atoms with E-state index in [1.807, 2.05) is 30.9 Å². The molecule has 0 aromatic carbocycles. The maximum atomic E-state index is 10.2. The van der Waals surface area contributed by atoms with Gasteiger partial charge in [-0.3, -0.25) is 0 Å². The number of imidazole rings is 1. The molecular weight excluding hydrogens is 259 g/mol. The summed E-state index contributed by atoms with van der Waals surface area (Å²) in [6.45, 7) is 12.0. The SMILES string of the molecule is Cc1nc(CC(C)C)cn1C[C-]=O.[CH2-]CC.[Ni]. The van der Waals surface area contributed by atoms with E-state index in [2.05, 4.69) is 25.8 Å². The third-order valence-electron chi connectivity index (χ3n) is 1.88. The predicted octanol–water partition coefficient (Wildman–Crippen LogP) is 2.73. The fourth-order valence-corrected chi connectivity index (χ4v) is 1.32. The van der Waals surface area contributed by atoms with Crippen LogP contribution in [0.5, 0.6) is 0 Å². The summed E-state index contributed by atoms with van der Waals surface area (Å²) in [7, 11) is 0. The number of nitrogens with zero attached hydrogens (tertiary/aromatic N) is 2. The summed E-state index contributed by atoms with van der Waals surface area (Å²) >= 11 is 0. The molecule has 0 radical (unpaired) electrons. The van der Waals surface area contributed by atoms with Crippen molar-refractivity contribution in [3.63, 3.8) is 0 Å². The second kappa shape index (κ2) is 10.5. The van der Waals surface area contributed by atoms with Gasteiger partial charge in [-0.2, -0.15) is 6.42 Å². The average molecular weight is 281 g/mol. The van der Waals surface area contributed by atoms with E-state index >= 15 is 0 Å². The van der Waals surface area contributed by atoms with Crippen molar-refractivity contribution in [2.75, 3.05) is 0 Å². The van der Waals surface area contributed by atoms with E-state index in [0.717, 1.165) is 24.4 Å². The Hall–Kier alpha value is -0.626. The first-order valence-electron chi connectivity index (χ1n) is 5.72. The Labute approximate surface area is 115 Å². The summed E-state index contributed by atoms with van der Waals surface area (Å²) in [5.41, 5.74) is 1.06. The van der Waals surface area contributed by atoms with Crippen molar-refractivity contribution in [1.82, 2.24) is 9.55 Å². The van der Waals surface area contributed by atoms with E-state index in [9.17, 15) is 4.79 Å². The Morgan fingerprint density at radius 1 is 1.53 bits per heavy atom. The molecule has 0 amide bonds. The molecule has 0 N–H and O–H groups in total. The van der Waals surface area contributed by atoms with Crippen molar-refractivity contribution in [1.29, 1.82) is 0 Å². The fourth-order valence-electron chi connectivity index (χ4n) is 1.32. The van der Waals surface area contributed by atoms with Gasteiger partial charge >= 0.3 is 0 Å². The molecule has 4 heteroatoms. The van der Waals surface area contributed by atoms with Crippen molar-refractivity contribution in [3.8, 4) is 0 Å². The molecule has 17 heavy (non-hydrogen) atoms. The van der Waals surface area contributed by atoms with Crippen LogP contribution in [0.2, 0.25) is 0 Å². The van der Waals surface area contributed by atoms with Gasteiger partial charge in [-0.05, 0) is 19.3 Å². The van der Waals surface area contributed by atoms with Crippen LogP contribution in [0.15, 0.2) is 6.20 Å². The molecule has 0 aliphatic rings. The molecule has 0 bridgehead atoms. The van der Waals surface area contributed by atoms with Crippen LogP contribution in [0, 0.1) is 19.8 Å². The Morgan fingerprint density at radius 2 is 2.06 bits per heavy atom. The molecule has 0 saturated heterocycles. The van der Waals surface area contributed by atoms with Gasteiger partial charge in [-0.1, -0.05) is 27.3 Å². The van der Waals surface area contributed by atoms with Crippen molar-refractivity contribution in [3.05, 3.63) is 24.6 Å². The van der Waals surface area contributed by atoms with Crippen LogP contribution in [0.4, 0.5) is 0 Å². The maximum Gasteiger partial charge on any atom is 0.103 e. The minimum absolute atomic E-state index is 0. The first kappa shape index (κ1) is 18.7. The Morgan fingerprint density at radius 3 is 2.47 bits per heavy atom. The minimum Gasteiger partial charge on any atom is -0.540 e. The van der Waals surface area contributed by atoms with E-state index in [-0.39, 0.29) is 23.0 Å². The van der Waals surface area contributed by atoms with Gasteiger partial charge in [0, 0.05) is 22.7 Å². The monoisotopic (exact) mass is 280 g/mol. The minimum atomic E-state index is 0. The molecule has 0 aliphatic heterocycles. The topological polar surface area (TPSA) is 34.9 Å². The van der Waals surface area contributed by atoms with E-state index < -0.39 is 0 Å². The number of aromatic nitrogens is 2. The molecule has 1 aromatic rings. The van der Waals surface area contributed by atoms with E-state index in [1.165, 1.54) is 0 Å². The molecule has 0 saturated carbocycles. The smallest absolute Gasteiger partial charge is 0.103 e. The molecule has 3 nitrogen and oxygen atoms in total. The quantitative estimate of drug-likeness (QED) is 0.628. The molecule has 0 fully saturated rings. The van der Waals surface area contributed by atoms with Crippen LogP contribution < -0.4 is 0 Å².